The third-order valence-electron chi connectivity index (χ3n) is 6.56. The van der Waals surface area contributed by atoms with Crippen LogP contribution in [-0.4, -0.2) is 82.5 Å². The van der Waals surface area contributed by atoms with E-state index in [1.807, 2.05) is 48.5 Å². The molecular weight excluding hydrogens is 460 g/mol. The number of carbonyl (C=O) groups is 3. The van der Waals surface area contributed by atoms with Gasteiger partial charge in [-0.15, -0.1) is 0 Å². The highest BCUT2D eigenvalue weighted by molar-refractivity contribution is 5.92. The van der Waals surface area contributed by atoms with Crippen molar-refractivity contribution in [3.63, 3.8) is 0 Å². The average molecular weight is 495 g/mol. The Balaban J connectivity index is 1.55. The first kappa shape index (κ1) is 25.6. The fraction of sp³-hybridized carbons (Fsp3) is 0.462. The highest BCUT2D eigenvalue weighted by atomic mass is 16.5. The number of amides is 4. The van der Waals surface area contributed by atoms with Crippen LogP contribution in [0.25, 0.3) is 0 Å². The third kappa shape index (κ3) is 6.00. The van der Waals surface area contributed by atoms with Crippen LogP contribution in [0, 0.1) is 0 Å². The maximum atomic E-state index is 13.9. The van der Waals surface area contributed by atoms with Crippen LogP contribution in [0.3, 0.4) is 0 Å². The van der Waals surface area contributed by atoms with Crippen LogP contribution in [0.1, 0.15) is 25.1 Å². The molecule has 3 atom stereocenters. The minimum atomic E-state index is -1.16. The summed E-state index contributed by atoms with van der Waals surface area (Å²) in [5.74, 6) is -0.706. The molecule has 0 saturated carbocycles. The van der Waals surface area contributed by atoms with Gasteiger partial charge < -0.3 is 30.9 Å². The lowest BCUT2D eigenvalue weighted by Gasteiger charge is -2.45. The van der Waals surface area contributed by atoms with Gasteiger partial charge in [0.25, 0.3) is 0 Å². The fourth-order valence-electron chi connectivity index (χ4n) is 4.60. The highest BCUT2D eigenvalue weighted by Crippen LogP contribution is 2.24. The SMILES string of the molecule is CC(C)(N)C(=O)N[C@H](COCc1ccccc1)C(=O)N1CCN2C(=O)NCC2C1Cc1ccccn1. The molecule has 0 bridgehead atoms. The quantitative estimate of drug-likeness (QED) is 0.470. The summed E-state index contributed by atoms with van der Waals surface area (Å²) in [6.07, 6.45) is 2.19. The Morgan fingerprint density at radius 3 is 2.64 bits per heavy atom. The van der Waals surface area contributed by atoms with Crippen LogP contribution >= 0.6 is 0 Å². The highest BCUT2D eigenvalue weighted by Gasteiger charge is 2.46. The number of nitrogens with one attached hydrogen (secondary N) is 2. The topological polar surface area (TPSA) is 130 Å². The molecule has 1 aromatic heterocycles. The van der Waals surface area contributed by atoms with E-state index in [9.17, 15) is 14.4 Å². The van der Waals surface area contributed by atoms with Gasteiger partial charge in [-0.05, 0) is 31.5 Å². The molecule has 4 rings (SSSR count). The molecule has 0 aliphatic carbocycles. The normalized spacial score (nSPS) is 20.5. The molecule has 36 heavy (non-hydrogen) atoms. The zero-order valence-electron chi connectivity index (χ0n) is 20.7. The number of aromatic nitrogens is 1. The van der Waals surface area contributed by atoms with Crippen LogP contribution in [0.2, 0.25) is 0 Å². The van der Waals surface area contributed by atoms with Crippen LogP contribution < -0.4 is 16.4 Å². The molecule has 10 nitrogen and oxygen atoms in total. The first-order valence-corrected chi connectivity index (χ1v) is 12.2. The van der Waals surface area contributed by atoms with E-state index in [4.69, 9.17) is 10.5 Å². The second-order valence-corrected chi connectivity index (χ2v) is 9.82. The molecule has 0 radical (unpaired) electrons. The first-order chi connectivity index (χ1) is 17.2. The number of piperazine rings is 1. The summed E-state index contributed by atoms with van der Waals surface area (Å²) in [5.41, 5.74) is 6.63. The predicted molar refractivity (Wildman–Crippen MR) is 134 cm³/mol. The number of carbonyl (C=O) groups excluding carboxylic acids is 3. The van der Waals surface area contributed by atoms with Gasteiger partial charge in [-0.25, -0.2) is 4.79 Å². The Morgan fingerprint density at radius 1 is 1.19 bits per heavy atom. The van der Waals surface area contributed by atoms with E-state index in [0.29, 0.717) is 32.7 Å². The minimum absolute atomic E-state index is 0.00604. The number of hydrogen-bond donors (Lipinski definition) is 3. The Hall–Kier alpha value is -3.50. The van der Waals surface area contributed by atoms with Crippen LogP contribution in [-0.2, 0) is 27.4 Å². The van der Waals surface area contributed by atoms with Crippen molar-refractivity contribution in [2.45, 2.75) is 50.5 Å². The van der Waals surface area contributed by atoms with E-state index in [0.717, 1.165) is 11.3 Å². The standard InChI is InChI=1S/C26H34N6O4/c1-26(2,27)24(34)30-20(17-36-16-18-8-4-3-5-9-18)23(33)31-12-13-32-22(15-29-25(32)35)21(31)14-19-10-6-7-11-28-19/h3-11,20-22H,12-17,27H2,1-2H3,(H,29,35)(H,30,34)/t20-,21?,22?/m1/s1. The molecule has 2 unspecified atom stereocenters. The maximum Gasteiger partial charge on any atom is 0.317 e. The number of nitrogens with two attached hydrogens (primary N) is 1. The van der Waals surface area contributed by atoms with E-state index in [1.165, 1.54) is 0 Å². The van der Waals surface area contributed by atoms with E-state index in [2.05, 4.69) is 15.6 Å². The molecule has 1 aromatic carbocycles. The molecule has 2 fully saturated rings. The van der Waals surface area contributed by atoms with Gasteiger partial charge in [0, 0.05) is 37.9 Å². The molecule has 2 saturated heterocycles. The van der Waals surface area contributed by atoms with Crippen molar-refractivity contribution in [2.75, 3.05) is 26.2 Å². The van der Waals surface area contributed by atoms with E-state index < -0.39 is 17.5 Å². The molecule has 10 heteroatoms. The second-order valence-electron chi connectivity index (χ2n) is 9.82. The first-order valence-electron chi connectivity index (χ1n) is 12.2. The van der Waals surface area contributed by atoms with Crippen molar-refractivity contribution in [1.29, 1.82) is 0 Å². The van der Waals surface area contributed by atoms with E-state index >= 15 is 0 Å². The van der Waals surface area contributed by atoms with Crippen molar-refractivity contribution in [1.82, 2.24) is 25.4 Å². The van der Waals surface area contributed by atoms with Crippen LogP contribution in [0.5, 0.6) is 0 Å². The van der Waals surface area contributed by atoms with Gasteiger partial charge in [-0.2, -0.15) is 0 Å². The van der Waals surface area contributed by atoms with Crippen molar-refractivity contribution in [3.8, 4) is 0 Å². The summed E-state index contributed by atoms with van der Waals surface area (Å²) < 4.78 is 5.87. The summed E-state index contributed by atoms with van der Waals surface area (Å²) in [6.45, 7) is 4.68. The number of ether oxygens (including phenoxy) is 1. The van der Waals surface area contributed by atoms with Gasteiger partial charge in [0.1, 0.15) is 6.04 Å². The van der Waals surface area contributed by atoms with Gasteiger partial charge >= 0.3 is 6.03 Å². The summed E-state index contributed by atoms with van der Waals surface area (Å²) in [7, 11) is 0. The van der Waals surface area contributed by atoms with Crippen molar-refractivity contribution in [2.24, 2.45) is 5.73 Å². The molecule has 0 spiro atoms. The monoisotopic (exact) mass is 494 g/mol. The average Bonchev–Trinajstić information content (AvgIpc) is 3.25. The van der Waals surface area contributed by atoms with Crippen molar-refractivity contribution in [3.05, 3.63) is 66.0 Å². The molecule has 192 valence electrons. The zero-order valence-corrected chi connectivity index (χ0v) is 20.7. The van der Waals surface area contributed by atoms with E-state index in [-0.39, 0.29) is 30.6 Å². The second kappa shape index (κ2) is 11.0. The largest absolute Gasteiger partial charge is 0.374 e. The Morgan fingerprint density at radius 2 is 1.94 bits per heavy atom. The number of benzene rings is 1. The van der Waals surface area contributed by atoms with Gasteiger partial charge in [-0.1, -0.05) is 36.4 Å². The lowest BCUT2D eigenvalue weighted by Crippen LogP contribution is -2.65. The van der Waals surface area contributed by atoms with E-state index in [1.54, 1.807) is 29.8 Å². The number of urea groups is 1. The number of hydrogen-bond acceptors (Lipinski definition) is 6. The molecule has 4 amide bonds. The van der Waals surface area contributed by atoms with Gasteiger partial charge in [0.2, 0.25) is 11.8 Å². The molecule has 3 heterocycles. The lowest BCUT2D eigenvalue weighted by atomic mass is 9.96. The summed E-state index contributed by atoms with van der Waals surface area (Å²) in [6, 6.07) is 13.7. The Labute approximate surface area is 211 Å². The molecule has 2 aliphatic heterocycles. The third-order valence-corrected chi connectivity index (χ3v) is 6.56. The molecule has 2 aromatic rings. The Kier molecular flexibility index (Phi) is 7.85. The smallest absolute Gasteiger partial charge is 0.317 e. The molecular formula is C26H34N6O4. The summed E-state index contributed by atoms with van der Waals surface area (Å²) in [4.78, 5) is 47.0. The maximum absolute atomic E-state index is 13.9. The summed E-state index contributed by atoms with van der Waals surface area (Å²) in [5, 5.41) is 5.69. The number of pyridine rings is 1. The summed E-state index contributed by atoms with van der Waals surface area (Å²) >= 11 is 0. The number of fused-ring (bicyclic) bond motifs is 1. The number of rotatable bonds is 9. The fourth-order valence-corrected chi connectivity index (χ4v) is 4.60. The van der Waals surface area contributed by atoms with Crippen molar-refractivity contribution < 1.29 is 19.1 Å². The van der Waals surface area contributed by atoms with Gasteiger partial charge in [-0.3, -0.25) is 14.6 Å². The zero-order chi connectivity index (χ0) is 25.7. The van der Waals surface area contributed by atoms with Crippen LogP contribution in [0.4, 0.5) is 4.79 Å². The number of nitrogens with zero attached hydrogens (tertiary/aromatic N) is 3. The van der Waals surface area contributed by atoms with Crippen molar-refractivity contribution >= 4 is 17.8 Å². The van der Waals surface area contributed by atoms with Crippen LogP contribution in [0.15, 0.2) is 54.7 Å². The predicted octanol–water partition coefficient (Wildman–Crippen LogP) is 0.668. The lowest BCUT2D eigenvalue weighted by molar-refractivity contribution is -0.144. The van der Waals surface area contributed by atoms with Gasteiger partial charge in [0.05, 0.1) is 30.8 Å². The molecule has 4 N–H and O–H groups in total. The minimum Gasteiger partial charge on any atom is -0.374 e. The van der Waals surface area contributed by atoms with Gasteiger partial charge in [0.15, 0.2) is 0 Å². The molecule has 2 aliphatic rings. The Bertz CT molecular complexity index is 1060.